The molecule has 2 rings (SSSR count). The number of allylic oxidation sites excluding steroid dienone is 1. The van der Waals surface area contributed by atoms with Gasteiger partial charge in [0.2, 0.25) is 0 Å². The number of methoxy groups -OCH3 is 3. The lowest BCUT2D eigenvalue weighted by Gasteiger charge is -2.17. The first-order chi connectivity index (χ1) is 12.4. The van der Waals surface area contributed by atoms with Crippen LogP contribution in [0.5, 0.6) is 17.2 Å². The molecule has 2 aromatic rings. The van der Waals surface area contributed by atoms with Crippen molar-refractivity contribution in [2.45, 2.75) is 6.92 Å². The summed E-state index contributed by atoms with van der Waals surface area (Å²) >= 11 is 0. The van der Waals surface area contributed by atoms with Crippen LogP contribution in [-0.4, -0.2) is 41.2 Å². The van der Waals surface area contributed by atoms with Gasteiger partial charge in [-0.2, -0.15) is 0 Å². The number of nitrogens with zero attached hydrogens (tertiary/aromatic N) is 1. The zero-order chi connectivity index (χ0) is 19.3. The van der Waals surface area contributed by atoms with Crippen LogP contribution in [0.3, 0.4) is 0 Å². The van der Waals surface area contributed by atoms with Crippen molar-refractivity contribution in [3.05, 3.63) is 53.1 Å². The first kappa shape index (κ1) is 19.4. The van der Waals surface area contributed by atoms with Crippen molar-refractivity contribution in [3.8, 4) is 17.2 Å². The number of hydrogen-bond donors (Lipinski definition) is 0. The fourth-order valence-corrected chi connectivity index (χ4v) is 2.66. The lowest BCUT2D eigenvalue weighted by Crippen LogP contribution is -2.11. The van der Waals surface area contributed by atoms with Gasteiger partial charge in [0, 0.05) is 25.2 Å². The zero-order valence-electron chi connectivity index (χ0n) is 16.1. The molecule has 138 valence electrons. The van der Waals surface area contributed by atoms with E-state index in [1.165, 1.54) is 0 Å². The molecule has 0 atom stereocenters. The van der Waals surface area contributed by atoms with Gasteiger partial charge in [0.15, 0.2) is 5.78 Å². The standard InChI is InChI=1S/C21H25NO4/c1-14(11-16-12-17(24-4)8-10-19(16)25-5)21(23)15-7-9-20(26-6)18(13-15)22(2)3/h7-13H,1-6H3. The van der Waals surface area contributed by atoms with E-state index in [1.807, 2.05) is 55.4 Å². The Kier molecular flexibility index (Phi) is 6.28. The molecule has 0 aliphatic carbocycles. The Hall–Kier alpha value is -2.95. The van der Waals surface area contributed by atoms with Gasteiger partial charge in [0.05, 0.1) is 27.0 Å². The minimum Gasteiger partial charge on any atom is -0.497 e. The molecule has 26 heavy (non-hydrogen) atoms. The topological polar surface area (TPSA) is 48.0 Å². The average Bonchev–Trinajstić information content (AvgIpc) is 2.66. The number of ether oxygens (including phenoxy) is 3. The lowest BCUT2D eigenvalue weighted by atomic mass is 10.0. The summed E-state index contributed by atoms with van der Waals surface area (Å²) < 4.78 is 16.0. The smallest absolute Gasteiger partial charge is 0.188 e. The molecule has 0 heterocycles. The van der Waals surface area contributed by atoms with E-state index in [1.54, 1.807) is 34.3 Å². The van der Waals surface area contributed by atoms with Gasteiger partial charge in [0.1, 0.15) is 17.2 Å². The van der Waals surface area contributed by atoms with Gasteiger partial charge in [-0.1, -0.05) is 0 Å². The van der Waals surface area contributed by atoms with Gasteiger partial charge in [-0.05, 0) is 55.0 Å². The Balaban J connectivity index is 2.41. The molecule has 0 saturated heterocycles. The second-order valence-electron chi connectivity index (χ2n) is 6.05. The number of benzene rings is 2. The summed E-state index contributed by atoms with van der Waals surface area (Å²) in [6.07, 6.45) is 1.81. The number of ketones is 1. The number of rotatable bonds is 7. The molecule has 0 bridgehead atoms. The zero-order valence-corrected chi connectivity index (χ0v) is 16.1. The summed E-state index contributed by atoms with van der Waals surface area (Å²) in [6, 6.07) is 10.9. The van der Waals surface area contributed by atoms with Crippen molar-refractivity contribution in [2.24, 2.45) is 0 Å². The first-order valence-corrected chi connectivity index (χ1v) is 8.21. The van der Waals surface area contributed by atoms with Crippen molar-refractivity contribution in [2.75, 3.05) is 40.3 Å². The number of hydrogen-bond acceptors (Lipinski definition) is 5. The van der Waals surface area contributed by atoms with Gasteiger partial charge >= 0.3 is 0 Å². The number of Topliss-reactive ketones (excluding diaryl/α,β-unsaturated/α-hetero) is 1. The van der Waals surface area contributed by atoms with E-state index in [0.29, 0.717) is 22.6 Å². The third-order valence-electron chi connectivity index (χ3n) is 4.09. The molecule has 0 amide bonds. The van der Waals surface area contributed by atoms with E-state index >= 15 is 0 Å². The molecule has 0 aliphatic heterocycles. The Bertz CT molecular complexity index is 825. The highest BCUT2D eigenvalue weighted by Gasteiger charge is 2.14. The lowest BCUT2D eigenvalue weighted by molar-refractivity contribution is 0.103. The molecule has 5 heteroatoms. The van der Waals surface area contributed by atoms with Gasteiger partial charge in [-0.3, -0.25) is 4.79 Å². The number of carbonyl (C=O) groups is 1. The van der Waals surface area contributed by atoms with Crippen molar-refractivity contribution < 1.29 is 19.0 Å². The highest BCUT2D eigenvalue weighted by molar-refractivity contribution is 6.11. The molecular weight excluding hydrogens is 330 g/mol. The molecule has 0 aliphatic rings. The highest BCUT2D eigenvalue weighted by Crippen LogP contribution is 2.30. The van der Waals surface area contributed by atoms with E-state index in [2.05, 4.69) is 0 Å². The minimum absolute atomic E-state index is 0.0550. The Morgan fingerprint density at radius 2 is 1.58 bits per heavy atom. The van der Waals surface area contributed by atoms with Crippen LogP contribution in [0.15, 0.2) is 42.0 Å². The van der Waals surface area contributed by atoms with Gasteiger partial charge in [-0.25, -0.2) is 0 Å². The van der Waals surface area contributed by atoms with Gasteiger partial charge < -0.3 is 19.1 Å². The predicted molar refractivity (Wildman–Crippen MR) is 105 cm³/mol. The molecule has 0 radical (unpaired) electrons. The van der Waals surface area contributed by atoms with Crippen LogP contribution in [0.2, 0.25) is 0 Å². The second-order valence-corrected chi connectivity index (χ2v) is 6.05. The molecule has 0 N–H and O–H groups in total. The SMILES string of the molecule is COc1ccc(OC)c(C=C(C)C(=O)c2ccc(OC)c(N(C)C)c2)c1. The summed E-state index contributed by atoms with van der Waals surface area (Å²) in [5.41, 5.74) is 2.85. The molecule has 0 spiro atoms. The summed E-state index contributed by atoms with van der Waals surface area (Å²) in [7, 11) is 8.65. The average molecular weight is 355 g/mol. The largest absolute Gasteiger partial charge is 0.497 e. The molecule has 0 aromatic heterocycles. The fraction of sp³-hybridized carbons (Fsp3) is 0.286. The van der Waals surface area contributed by atoms with Crippen LogP contribution in [0, 0.1) is 0 Å². The van der Waals surface area contributed by atoms with E-state index < -0.39 is 0 Å². The van der Waals surface area contributed by atoms with E-state index in [0.717, 1.165) is 17.0 Å². The summed E-state index contributed by atoms with van der Waals surface area (Å²) in [4.78, 5) is 14.8. The third-order valence-corrected chi connectivity index (χ3v) is 4.09. The van der Waals surface area contributed by atoms with Crippen molar-refractivity contribution in [1.82, 2.24) is 0 Å². The maximum atomic E-state index is 12.9. The van der Waals surface area contributed by atoms with Gasteiger partial charge in [0.25, 0.3) is 0 Å². The first-order valence-electron chi connectivity index (χ1n) is 8.21. The summed E-state index contributed by atoms with van der Waals surface area (Å²) in [5.74, 6) is 2.06. The number of carbonyl (C=O) groups excluding carboxylic acids is 1. The van der Waals surface area contributed by atoms with E-state index in [9.17, 15) is 4.79 Å². The molecular formula is C21H25NO4. The van der Waals surface area contributed by atoms with Crippen LogP contribution in [0.1, 0.15) is 22.8 Å². The number of anilines is 1. The van der Waals surface area contributed by atoms with E-state index in [-0.39, 0.29) is 5.78 Å². The van der Waals surface area contributed by atoms with Crippen molar-refractivity contribution >= 4 is 17.5 Å². The normalized spacial score (nSPS) is 11.1. The summed E-state index contributed by atoms with van der Waals surface area (Å²) in [5, 5.41) is 0. The maximum absolute atomic E-state index is 12.9. The third kappa shape index (κ3) is 4.17. The molecule has 0 fully saturated rings. The molecule has 0 saturated carbocycles. The van der Waals surface area contributed by atoms with Crippen LogP contribution >= 0.6 is 0 Å². The molecule has 2 aromatic carbocycles. The van der Waals surface area contributed by atoms with Crippen molar-refractivity contribution in [1.29, 1.82) is 0 Å². The fourth-order valence-electron chi connectivity index (χ4n) is 2.66. The Labute approximate surface area is 154 Å². The Morgan fingerprint density at radius 3 is 2.15 bits per heavy atom. The van der Waals surface area contributed by atoms with E-state index in [4.69, 9.17) is 14.2 Å². The molecule has 5 nitrogen and oxygen atoms in total. The van der Waals surface area contributed by atoms with Crippen molar-refractivity contribution in [3.63, 3.8) is 0 Å². The monoisotopic (exact) mass is 355 g/mol. The van der Waals surface area contributed by atoms with Crippen LogP contribution < -0.4 is 19.1 Å². The minimum atomic E-state index is -0.0550. The van der Waals surface area contributed by atoms with Gasteiger partial charge in [-0.15, -0.1) is 0 Å². The molecule has 0 unspecified atom stereocenters. The van der Waals surface area contributed by atoms with Crippen LogP contribution in [0.25, 0.3) is 6.08 Å². The predicted octanol–water partition coefficient (Wildman–Crippen LogP) is 4.06. The quantitative estimate of drug-likeness (QED) is 0.554. The maximum Gasteiger partial charge on any atom is 0.188 e. The van der Waals surface area contributed by atoms with Crippen LogP contribution in [0.4, 0.5) is 5.69 Å². The summed E-state index contributed by atoms with van der Waals surface area (Å²) in [6.45, 7) is 1.79. The second kappa shape index (κ2) is 8.43. The highest BCUT2D eigenvalue weighted by atomic mass is 16.5. The Morgan fingerprint density at radius 1 is 0.923 bits per heavy atom. The van der Waals surface area contributed by atoms with Crippen LogP contribution in [-0.2, 0) is 0 Å².